The number of hydrogen-bond donors (Lipinski definition) is 1. The highest BCUT2D eigenvalue weighted by atomic mass is 19.4. The third kappa shape index (κ3) is 3.06. The van der Waals surface area contributed by atoms with Gasteiger partial charge in [0, 0.05) is 31.7 Å². The van der Waals surface area contributed by atoms with Gasteiger partial charge in [0.25, 0.3) is 0 Å². The lowest BCUT2D eigenvalue weighted by Crippen LogP contribution is -2.50. The molecule has 1 saturated heterocycles. The molecule has 1 fully saturated rings. The van der Waals surface area contributed by atoms with E-state index in [-0.39, 0.29) is 11.7 Å². The molecule has 0 bridgehead atoms. The summed E-state index contributed by atoms with van der Waals surface area (Å²) in [5, 5.41) is 14.9. The smallest absolute Gasteiger partial charge is 0.369 e. The van der Waals surface area contributed by atoms with Crippen LogP contribution in [0.4, 0.5) is 24.8 Å². The molecule has 7 nitrogen and oxygen atoms in total. The Morgan fingerprint density at radius 2 is 2.04 bits per heavy atom. The Morgan fingerprint density at radius 1 is 1.20 bits per heavy atom. The van der Waals surface area contributed by atoms with E-state index in [2.05, 4.69) is 30.5 Å². The minimum absolute atomic E-state index is 0.127. The van der Waals surface area contributed by atoms with Gasteiger partial charge in [-0.2, -0.15) is 17.7 Å². The lowest BCUT2D eigenvalue weighted by molar-refractivity contribution is -0.137. The van der Waals surface area contributed by atoms with Crippen LogP contribution < -0.4 is 10.2 Å². The first-order chi connectivity index (χ1) is 12.0. The lowest BCUT2D eigenvalue weighted by atomic mass is 10.00. The van der Waals surface area contributed by atoms with Gasteiger partial charge in [-0.15, -0.1) is 15.3 Å². The molecule has 10 heteroatoms. The second kappa shape index (κ2) is 5.87. The number of aromatic nitrogens is 5. The number of nitrogens with zero attached hydrogens (tertiary/aromatic N) is 6. The summed E-state index contributed by atoms with van der Waals surface area (Å²) in [4.78, 5) is 5.86. The fourth-order valence-corrected chi connectivity index (χ4v) is 2.79. The standard InChI is InChI=1S/C15H14F3N7/c16-15(17,18)11-2-1-5-19-14(11)20-6-10-7-24(8-10)13-4-3-12-22-21-9-25(12)23-13/h1-5,9-10H,6-8H2,(H,19,20). The molecule has 0 amide bonds. The normalized spacial score (nSPS) is 15.4. The summed E-state index contributed by atoms with van der Waals surface area (Å²) in [6.07, 6.45) is -1.54. The number of pyridine rings is 1. The van der Waals surface area contributed by atoms with Crippen molar-refractivity contribution in [3.05, 3.63) is 42.4 Å². The molecule has 0 radical (unpaired) electrons. The molecule has 0 atom stereocenters. The Morgan fingerprint density at radius 3 is 2.84 bits per heavy atom. The van der Waals surface area contributed by atoms with Crippen LogP contribution in [0.25, 0.3) is 5.65 Å². The van der Waals surface area contributed by atoms with Gasteiger partial charge in [-0.3, -0.25) is 0 Å². The lowest BCUT2D eigenvalue weighted by Gasteiger charge is -2.40. The Balaban J connectivity index is 1.36. The van der Waals surface area contributed by atoms with Crippen LogP contribution in [0.1, 0.15) is 5.56 Å². The van der Waals surface area contributed by atoms with E-state index in [1.54, 1.807) is 4.52 Å². The van der Waals surface area contributed by atoms with E-state index in [1.165, 1.54) is 18.6 Å². The van der Waals surface area contributed by atoms with Crippen LogP contribution in [-0.4, -0.2) is 44.4 Å². The zero-order chi connectivity index (χ0) is 17.4. The Kier molecular flexibility index (Phi) is 3.66. The molecule has 0 spiro atoms. The molecule has 4 rings (SSSR count). The van der Waals surface area contributed by atoms with Gasteiger partial charge in [-0.1, -0.05) is 0 Å². The number of rotatable bonds is 4. The van der Waals surface area contributed by atoms with Crippen molar-refractivity contribution in [3.63, 3.8) is 0 Å². The zero-order valence-electron chi connectivity index (χ0n) is 13.0. The Labute approximate surface area is 140 Å². The van der Waals surface area contributed by atoms with Gasteiger partial charge < -0.3 is 10.2 Å². The van der Waals surface area contributed by atoms with Crippen molar-refractivity contribution >= 4 is 17.3 Å². The number of fused-ring (bicyclic) bond motifs is 1. The largest absolute Gasteiger partial charge is 0.419 e. The second-order valence-corrected chi connectivity index (χ2v) is 5.87. The van der Waals surface area contributed by atoms with E-state index < -0.39 is 11.7 Å². The van der Waals surface area contributed by atoms with Crippen LogP contribution in [0.3, 0.4) is 0 Å². The quantitative estimate of drug-likeness (QED) is 0.778. The van der Waals surface area contributed by atoms with Gasteiger partial charge in [0.1, 0.15) is 18.0 Å². The highest BCUT2D eigenvalue weighted by Crippen LogP contribution is 2.33. The molecule has 1 aliphatic heterocycles. The van der Waals surface area contributed by atoms with Crippen molar-refractivity contribution in [1.82, 2.24) is 24.8 Å². The maximum atomic E-state index is 12.9. The molecule has 3 aromatic heterocycles. The van der Waals surface area contributed by atoms with Gasteiger partial charge in [0.2, 0.25) is 0 Å². The van der Waals surface area contributed by atoms with Crippen LogP contribution in [0, 0.1) is 5.92 Å². The van der Waals surface area contributed by atoms with Gasteiger partial charge >= 0.3 is 6.18 Å². The average Bonchev–Trinajstić information content (AvgIpc) is 3.00. The maximum Gasteiger partial charge on any atom is 0.419 e. The average molecular weight is 349 g/mol. The third-order valence-corrected chi connectivity index (χ3v) is 4.10. The van der Waals surface area contributed by atoms with Crippen molar-refractivity contribution in [1.29, 1.82) is 0 Å². The van der Waals surface area contributed by atoms with Crippen molar-refractivity contribution in [2.24, 2.45) is 5.92 Å². The van der Waals surface area contributed by atoms with Crippen LogP contribution in [0.2, 0.25) is 0 Å². The Hall–Kier alpha value is -2.91. The fourth-order valence-electron chi connectivity index (χ4n) is 2.79. The summed E-state index contributed by atoms with van der Waals surface area (Å²) in [7, 11) is 0. The van der Waals surface area contributed by atoms with Crippen LogP contribution in [0.5, 0.6) is 0 Å². The number of nitrogens with one attached hydrogen (secondary N) is 1. The molecule has 0 saturated carbocycles. The van der Waals surface area contributed by atoms with E-state index >= 15 is 0 Å². The summed E-state index contributed by atoms with van der Waals surface area (Å²) >= 11 is 0. The Bertz CT molecular complexity index is 886. The number of hydrogen-bond acceptors (Lipinski definition) is 6. The van der Waals surface area contributed by atoms with Crippen molar-refractivity contribution in [2.45, 2.75) is 6.18 Å². The highest BCUT2D eigenvalue weighted by molar-refractivity contribution is 5.48. The summed E-state index contributed by atoms with van der Waals surface area (Å²) in [5.41, 5.74) is -0.0803. The van der Waals surface area contributed by atoms with E-state index in [0.717, 1.165) is 11.9 Å². The summed E-state index contributed by atoms with van der Waals surface area (Å²) in [6, 6.07) is 5.99. The number of alkyl halides is 3. The monoisotopic (exact) mass is 349 g/mol. The summed E-state index contributed by atoms with van der Waals surface area (Å²) in [6.45, 7) is 1.84. The van der Waals surface area contributed by atoms with E-state index in [1.807, 2.05) is 12.1 Å². The predicted molar refractivity (Wildman–Crippen MR) is 84.2 cm³/mol. The van der Waals surface area contributed by atoms with Crippen LogP contribution in [-0.2, 0) is 6.18 Å². The molecule has 0 aromatic carbocycles. The SMILES string of the molecule is FC(F)(F)c1cccnc1NCC1CN(c2ccc3nncn3n2)C1. The second-order valence-electron chi connectivity index (χ2n) is 5.87. The van der Waals surface area contributed by atoms with Gasteiger partial charge in [-0.25, -0.2) is 4.98 Å². The van der Waals surface area contributed by atoms with E-state index in [4.69, 9.17) is 0 Å². The van der Waals surface area contributed by atoms with Crippen LogP contribution >= 0.6 is 0 Å². The first kappa shape index (κ1) is 15.6. The van der Waals surface area contributed by atoms with Crippen molar-refractivity contribution < 1.29 is 13.2 Å². The first-order valence-corrected chi connectivity index (χ1v) is 7.69. The number of halogens is 3. The van der Waals surface area contributed by atoms with Gasteiger partial charge in [0.05, 0.1) is 5.56 Å². The molecule has 1 N–H and O–H groups in total. The number of anilines is 2. The molecule has 130 valence electrons. The minimum Gasteiger partial charge on any atom is -0.369 e. The molecule has 4 heterocycles. The molecule has 1 aliphatic rings. The van der Waals surface area contributed by atoms with E-state index in [0.29, 0.717) is 25.3 Å². The molecular formula is C15H14F3N7. The van der Waals surface area contributed by atoms with E-state index in [9.17, 15) is 13.2 Å². The summed E-state index contributed by atoms with van der Waals surface area (Å²) < 4.78 is 40.4. The summed E-state index contributed by atoms with van der Waals surface area (Å²) in [5.74, 6) is 0.886. The molecule has 3 aromatic rings. The minimum atomic E-state index is -4.42. The maximum absolute atomic E-state index is 12.9. The third-order valence-electron chi connectivity index (χ3n) is 4.10. The molecule has 0 aliphatic carbocycles. The predicted octanol–water partition coefficient (Wildman–Crippen LogP) is 2.09. The highest BCUT2D eigenvalue weighted by Gasteiger charge is 2.35. The molecule has 25 heavy (non-hydrogen) atoms. The van der Waals surface area contributed by atoms with Crippen LogP contribution in [0.15, 0.2) is 36.8 Å². The zero-order valence-corrected chi connectivity index (χ0v) is 13.0. The fraction of sp³-hybridized carbons (Fsp3) is 0.333. The van der Waals surface area contributed by atoms with Gasteiger partial charge in [-0.05, 0) is 24.3 Å². The molecular weight excluding hydrogens is 335 g/mol. The molecule has 0 unspecified atom stereocenters. The van der Waals surface area contributed by atoms with Gasteiger partial charge in [0.15, 0.2) is 5.65 Å². The van der Waals surface area contributed by atoms with Crippen molar-refractivity contribution in [2.75, 3.05) is 29.9 Å². The van der Waals surface area contributed by atoms with Crippen molar-refractivity contribution in [3.8, 4) is 0 Å². The first-order valence-electron chi connectivity index (χ1n) is 7.69. The topological polar surface area (TPSA) is 71.2 Å².